The van der Waals surface area contributed by atoms with Gasteiger partial charge in [0.15, 0.2) is 0 Å². The first kappa shape index (κ1) is 8.23. The summed E-state index contributed by atoms with van der Waals surface area (Å²) in [7, 11) is 0. The highest BCUT2D eigenvalue weighted by atomic mass is 32.1. The van der Waals surface area contributed by atoms with E-state index in [9.17, 15) is 5.11 Å². The zero-order chi connectivity index (χ0) is 8.44. The summed E-state index contributed by atoms with van der Waals surface area (Å²) < 4.78 is 0. The molecule has 0 spiro atoms. The van der Waals surface area contributed by atoms with Gasteiger partial charge in [-0.05, 0) is 24.3 Å². The molecule has 1 N–H and O–H groups in total. The number of thiophene rings is 1. The van der Waals surface area contributed by atoms with Gasteiger partial charge < -0.3 is 5.11 Å². The SMILES string of the molecule is OC1(c2cccs2)CC[N]CC1. The second kappa shape index (κ2) is 3.17. The van der Waals surface area contributed by atoms with Crippen LogP contribution in [-0.4, -0.2) is 18.2 Å². The summed E-state index contributed by atoms with van der Waals surface area (Å²) in [5.74, 6) is 0. The molecule has 0 aromatic carbocycles. The summed E-state index contributed by atoms with van der Waals surface area (Å²) in [6.45, 7) is 1.60. The predicted octanol–water partition coefficient (Wildman–Crippen LogP) is 1.33. The van der Waals surface area contributed by atoms with Crippen molar-refractivity contribution in [2.45, 2.75) is 18.4 Å². The lowest BCUT2D eigenvalue weighted by Gasteiger charge is -2.30. The second-order valence-electron chi connectivity index (χ2n) is 3.18. The maximum atomic E-state index is 10.2. The van der Waals surface area contributed by atoms with E-state index >= 15 is 0 Å². The maximum Gasteiger partial charge on any atom is 0.101 e. The van der Waals surface area contributed by atoms with Gasteiger partial charge in [0.1, 0.15) is 5.60 Å². The van der Waals surface area contributed by atoms with Crippen molar-refractivity contribution in [1.82, 2.24) is 5.32 Å². The van der Waals surface area contributed by atoms with Crippen molar-refractivity contribution in [2.24, 2.45) is 0 Å². The van der Waals surface area contributed by atoms with Gasteiger partial charge in [-0.15, -0.1) is 11.3 Å². The summed E-state index contributed by atoms with van der Waals surface area (Å²) in [6.07, 6.45) is 1.57. The van der Waals surface area contributed by atoms with Crippen LogP contribution in [0.2, 0.25) is 0 Å². The van der Waals surface area contributed by atoms with E-state index in [1.54, 1.807) is 11.3 Å². The highest BCUT2D eigenvalue weighted by Gasteiger charge is 2.32. The maximum absolute atomic E-state index is 10.2. The molecule has 0 bridgehead atoms. The lowest BCUT2D eigenvalue weighted by atomic mass is 9.91. The molecule has 12 heavy (non-hydrogen) atoms. The lowest BCUT2D eigenvalue weighted by molar-refractivity contribution is 0.00864. The number of rotatable bonds is 1. The Balaban J connectivity index is 2.19. The van der Waals surface area contributed by atoms with E-state index in [1.807, 2.05) is 17.5 Å². The molecule has 2 nitrogen and oxygen atoms in total. The van der Waals surface area contributed by atoms with Crippen LogP contribution < -0.4 is 5.32 Å². The van der Waals surface area contributed by atoms with Crippen molar-refractivity contribution in [2.75, 3.05) is 13.1 Å². The van der Waals surface area contributed by atoms with Crippen LogP contribution in [0.25, 0.3) is 0 Å². The third kappa shape index (κ3) is 1.40. The van der Waals surface area contributed by atoms with E-state index in [0.29, 0.717) is 0 Å². The number of nitrogens with zero attached hydrogens (tertiary/aromatic N) is 1. The monoisotopic (exact) mass is 182 g/mol. The highest BCUT2D eigenvalue weighted by molar-refractivity contribution is 7.10. The Hall–Kier alpha value is -0.380. The van der Waals surface area contributed by atoms with E-state index in [4.69, 9.17) is 0 Å². The zero-order valence-electron chi connectivity index (χ0n) is 6.86. The van der Waals surface area contributed by atoms with Crippen LogP contribution in [0, 0.1) is 0 Å². The molecule has 0 unspecified atom stereocenters. The third-order valence-corrected chi connectivity index (χ3v) is 3.41. The highest BCUT2D eigenvalue weighted by Crippen LogP contribution is 2.33. The molecule has 0 saturated carbocycles. The van der Waals surface area contributed by atoms with Gasteiger partial charge in [0.05, 0.1) is 0 Å². The molecule has 1 aliphatic rings. The van der Waals surface area contributed by atoms with Crippen LogP contribution in [0.1, 0.15) is 17.7 Å². The lowest BCUT2D eigenvalue weighted by Crippen LogP contribution is -2.35. The Labute approximate surface area is 76.2 Å². The first-order valence-corrected chi connectivity index (χ1v) is 5.09. The molecule has 3 heteroatoms. The van der Waals surface area contributed by atoms with Crippen molar-refractivity contribution in [3.63, 3.8) is 0 Å². The van der Waals surface area contributed by atoms with Crippen molar-refractivity contribution >= 4 is 11.3 Å². The van der Waals surface area contributed by atoms with E-state index in [0.717, 1.165) is 30.8 Å². The van der Waals surface area contributed by atoms with Crippen molar-refractivity contribution < 1.29 is 5.11 Å². The summed E-state index contributed by atoms with van der Waals surface area (Å²) >= 11 is 1.64. The molecule has 2 heterocycles. The van der Waals surface area contributed by atoms with E-state index in [1.165, 1.54) is 0 Å². The summed E-state index contributed by atoms with van der Waals surface area (Å²) in [5.41, 5.74) is -0.573. The van der Waals surface area contributed by atoms with Gasteiger partial charge in [0.25, 0.3) is 0 Å². The minimum Gasteiger partial charge on any atom is -0.384 e. The van der Waals surface area contributed by atoms with E-state index in [2.05, 4.69) is 5.32 Å². The molecule has 1 radical (unpaired) electrons. The summed E-state index contributed by atoms with van der Waals surface area (Å²) in [5, 5.41) is 16.4. The summed E-state index contributed by atoms with van der Waals surface area (Å²) in [6, 6.07) is 4.00. The number of piperidine rings is 1. The minimum atomic E-state index is -0.573. The van der Waals surface area contributed by atoms with Crippen LogP contribution in [-0.2, 0) is 5.60 Å². The normalized spacial score (nSPS) is 22.4. The Morgan fingerprint density at radius 2 is 2.17 bits per heavy atom. The largest absolute Gasteiger partial charge is 0.384 e. The molecular weight excluding hydrogens is 170 g/mol. The molecule has 1 aliphatic heterocycles. The fraction of sp³-hybridized carbons (Fsp3) is 0.556. The average Bonchev–Trinajstić information content (AvgIpc) is 2.58. The molecular formula is C9H12NOS. The number of hydrogen-bond acceptors (Lipinski definition) is 2. The number of hydrogen-bond donors (Lipinski definition) is 1. The van der Waals surface area contributed by atoms with Gasteiger partial charge in [-0.1, -0.05) is 6.07 Å². The Morgan fingerprint density at radius 3 is 2.75 bits per heavy atom. The molecule has 0 amide bonds. The van der Waals surface area contributed by atoms with Gasteiger partial charge in [-0.2, -0.15) is 0 Å². The predicted molar refractivity (Wildman–Crippen MR) is 49.3 cm³/mol. The van der Waals surface area contributed by atoms with Gasteiger partial charge in [-0.25, -0.2) is 5.32 Å². The molecule has 1 fully saturated rings. The van der Waals surface area contributed by atoms with Crippen LogP contribution in [0.4, 0.5) is 0 Å². The topological polar surface area (TPSA) is 34.3 Å². The molecule has 1 saturated heterocycles. The molecule has 1 aromatic rings. The fourth-order valence-corrected chi connectivity index (χ4v) is 2.44. The van der Waals surface area contributed by atoms with E-state index < -0.39 is 5.60 Å². The number of aliphatic hydroxyl groups is 1. The Kier molecular flexibility index (Phi) is 2.17. The average molecular weight is 182 g/mol. The van der Waals surface area contributed by atoms with Gasteiger partial charge in [-0.3, -0.25) is 0 Å². The fourth-order valence-electron chi connectivity index (χ4n) is 1.55. The standard InChI is InChI=1S/C9H12NOS/c11-9(3-5-10-6-4-9)8-2-1-7-12-8/h1-2,7,11H,3-6H2. The molecule has 0 atom stereocenters. The summed E-state index contributed by atoms with van der Waals surface area (Å²) in [4.78, 5) is 1.09. The van der Waals surface area contributed by atoms with Crippen LogP contribution >= 0.6 is 11.3 Å². The van der Waals surface area contributed by atoms with Gasteiger partial charge in [0.2, 0.25) is 0 Å². The Morgan fingerprint density at radius 1 is 1.42 bits per heavy atom. The van der Waals surface area contributed by atoms with Crippen molar-refractivity contribution in [3.05, 3.63) is 22.4 Å². The first-order chi connectivity index (χ1) is 5.81. The van der Waals surface area contributed by atoms with Gasteiger partial charge in [0, 0.05) is 18.0 Å². The first-order valence-electron chi connectivity index (χ1n) is 4.21. The molecule has 1 aromatic heterocycles. The Bertz CT molecular complexity index is 239. The van der Waals surface area contributed by atoms with Crippen LogP contribution in [0.5, 0.6) is 0 Å². The van der Waals surface area contributed by atoms with Crippen molar-refractivity contribution in [1.29, 1.82) is 0 Å². The van der Waals surface area contributed by atoms with Crippen LogP contribution in [0.3, 0.4) is 0 Å². The smallest absolute Gasteiger partial charge is 0.101 e. The minimum absolute atomic E-state index is 0.573. The van der Waals surface area contributed by atoms with Gasteiger partial charge >= 0.3 is 0 Å². The third-order valence-electron chi connectivity index (χ3n) is 2.35. The zero-order valence-corrected chi connectivity index (χ0v) is 7.68. The second-order valence-corrected chi connectivity index (χ2v) is 4.13. The molecule has 0 aliphatic carbocycles. The molecule has 65 valence electrons. The van der Waals surface area contributed by atoms with Crippen molar-refractivity contribution in [3.8, 4) is 0 Å². The van der Waals surface area contributed by atoms with E-state index in [-0.39, 0.29) is 0 Å². The molecule has 2 rings (SSSR count). The quantitative estimate of drug-likeness (QED) is 0.698. The van der Waals surface area contributed by atoms with Crippen LogP contribution in [0.15, 0.2) is 17.5 Å².